The Morgan fingerprint density at radius 2 is 1.31 bits per heavy atom. The van der Waals surface area contributed by atoms with Crippen molar-refractivity contribution >= 4 is 12.0 Å². The molecule has 5 nitrogen and oxygen atoms in total. The summed E-state index contributed by atoms with van der Waals surface area (Å²) in [5.74, 6) is -0.254. The third-order valence-electron chi connectivity index (χ3n) is 4.75. The third kappa shape index (κ3) is 4.04. The first-order valence-corrected chi connectivity index (χ1v) is 8.92. The number of ether oxygens (including phenoxy) is 1. The van der Waals surface area contributed by atoms with E-state index in [9.17, 15) is 9.59 Å². The zero-order chi connectivity index (χ0) is 18.4. The number of nitrogens with zero attached hydrogens (tertiary/aromatic N) is 2. The molecule has 136 valence electrons. The molecule has 0 saturated carbocycles. The summed E-state index contributed by atoms with van der Waals surface area (Å²) < 4.78 is 4.81. The van der Waals surface area contributed by atoms with Crippen LogP contribution in [-0.2, 0) is 9.53 Å². The number of methoxy groups -OCH3 is 1. The van der Waals surface area contributed by atoms with Crippen LogP contribution in [0.3, 0.4) is 0 Å². The molecule has 0 aliphatic carbocycles. The van der Waals surface area contributed by atoms with Gasteiger partial charge in [-0.25, -0.2) is 4.79 Å². The Morgan fingerprint density at radius 3 is 1.85 bits per heavy atom. The second kappa shape index (κ2) is 8.52. The second-order valence-electron chi connectivity index (χ2n) is 6.39. The Hall–Kier alpha value is -2.82. The molecule has 1 aliphatic rings. The van der Waals surface area contributed by atoms with Crippen LogP contribution >= 0.6 is 0 Å². The molecule has 0 atom stereocenters. The van der Waals surface area contributed by atoms with Gasteiger partial charge >= 0.3 is 6.09 Å². The monoisotopic (exact) mass is 352 g/mol. The van der Waals surface area contributed by atoms with Gasteiger partial charge in [-0.05, 0) is 17.5 Å². The topological polar surface area (TPSA) is 49.9 Å². The molecule has 2 aromatic rings. The molecule has 0 N–H and O–H groups in total. The highest BCUT2D eigenvalue weighted by Crippen LogP contribution is 2.27. The predicted octanol–water partition coefficient (Wildman–Crippen LogP) is 3.12. The summed E-state index contributed by atoms with van der Waals surface area (Å²) in [5.41, 5.74) is 1.97. The second-order valence-corrected chi connectivity index (χ2v) is 6.39. The summed E-state index contributed by atoms with van der Waals surface area (Å²) in [5, 5.41) is 0. The van der Waals surface area contributed by atoms with Crippen LogP contribution in [0.5, 0.6) is 0 Å². The largest absolute Gasteiger partial charge is 0.453 e. The number of carbonyl (C=O) groups excluding carboxylic acids is 2. The normalized spacial score (nSPS) is 14.8. The van der Waals surface area contributed by atoms with E-state index in [0.29, 0.717) is 26.2 Å². The predicted molar refractivity (Wildman–Crippen MR) is 99.9 cm³/mol. The summed E-state index contributed by atoms with van der Waals surface area (Å²) in [7, 11) is 1.39. The molecule has 5 heteroatoms. The van der Waals surface area contributed by atoms with Crippen molar-refractivity contribution < 1.29 is 14.3 Å². The molecule has 2 aromatic carbocycles. The molecule has 3 rings (SSSR count). The zero-order valence-electron chi connectivity index (χ0n) is 15.0. The van der Waals surface area contributed by atoms with Crippen molar-refractivity contribution in [3.8, 4) is 0 Å². The summed E-state index contributed by atoms with van der Waals surface area (Å²) in [6.07, 6.45) is 0.416. The number of benzene rings is 2. The van der Waals surface area contributed by atoms with Crippen LogP contribution in [0.25, 0.3) is 0 Å². The molecule has 26 heavy (non-hydrogen) atoms. The van der Waals surface area contributed by atoms with Crippen molar-refractivity contribution in [2.75, 3.05) is 33.3 Å². The number of rotatable bonds is 3. The average Bonchev–Trinajstić information content (AvgIpc) is 2.95. The van der Waals surface area contributed by atoms with Gasteiger partial charge in [0.2, 0.25) is 5.91 Å². The lowest BCUT2D eigenvalue weighted by Gasteiger charge is -2.27. The lowest BCUT2D eigenvalue weighted by molar-refractivity contribution is -0.131. The lowest BCUT2D eigenvalue weighted by Crippen LogP contribution is -2.39. The minimum Gasteiger partial charge on any atom is -0.453 e. The van der Waals surface area contributed by atoms with Crippen LogP contribution in [-0.4, -0.2) is 55.1 Å². The maximum absolute atomic E-state index is 13.4. The van der Waals surface area contributed by atoms with Gasteiger partial charge < -0.3 is 14.5 Å². The Morgan fingerprint density at radius 1 is 0.808 bits per heavy atom. The number of carbonyl (C=O) groups is 2. The van der Waals surface area contributed by atoms with E-state index in [1.165, 1.54) is 7.11 Å². The van der Waals surface area contributed by atoms with Crippen LogP contribution < -0.4 is 0 Å². The molecule has 1 aliphatic heterocycles. The van der Waals surface area contributed by atoms with Crippen molar-refractivity contribution in [3.05, 3.63) is 71.8 Å². The van der Waals surface area contributed by atoms with Crippen molar-refractivity contribution in [3.63, 3.8) is 0 Å². The van der Waals surface area contributed by atoms with Crippen molar-refractivity contribution in [1.29, 1.82) is 0 Å². The first-order valence-electron chi connectivity index (χ1n) is 8.92. The zero-order valence-corrected chi connectivity index (χ0v) is 15.0. The molecule has 2 amide bonds. The van der Waals surface area contributed by atoms with Gasteiger partial charge in [0.25, 0.3) is 0 Å². The minimum atomic E-state index is -0.332. The Labute approximate surface area is 154 Å². The van der Waals surface area contributed by atoms with Gasteiger partial charge in [0.1, 0.15) is 0 Å². The molecule has 0 unspecified atom stereocenters. The number of amides is 2. The SMILES string of the molecule is COC(=O)N1CCCN(C(=O)C(c2ccccc2)c2ccccc2)CC1. The molecular formula is C21H24N2O3. The standard InChI is InChI=1S/C21H24N2O3/c1-26-21(25)23-14-8-13-22(15-16-23)20(24)19(17-9-4-2-5-10-17)18-11-6-3-7-12-18/h2-7,9-12,19H,8,13-16H2,1H3. The molecule has 0 radical (unpaired) electrons. The summed E-state index contributed by atoms with van der Waals surface area (Å²) in [6, 6.07) is 19.7. The fourth-order valence-electron chi connectivity index (χ4n) is 3.40. The first kappa shape index (κ1) is 18.0. The maximum atomic E-state index is 13.4. The summed E-state index contributed by atoms with van der Waals surface area (Å²) >= 11 is 0. The molecule has 0 spiro atoms. The van der Waals surface area contributed by atoms with E-state index in [1.807, 2.05) is 65.6 Å². The molecular weight excluding hydrogens is 328 g/mol. The fourth-order valence-corrected chi connectivity index (χ4v) is 3.40. The van der Waals surface area contributed by atoms with Crippen LogP contribution in [0.15, 0.2) is 60.7 Å². The number of hydrogen-bond donors (Lipinski definition) is 0. The highest BCUT2D eigenvalue weighted by molar-refractivity contribution is 5.87. The van der Waals surface area contributed by atoms with Gasteiger partial charge in [0, 0.05) is 26.2 Å². The quantitative estimate of drug-likeness (QED) is 0.853. The molecule has 0 aromatic heterocycles. The van der Waals surface area contributed by atoms with Gasteiger partial charge in [0.15, 0.2) is 0 Å². The number of hydrogen-bond acceptors (Lipinski definition) is 3. The first-order chi connectivity index (χ1) is 12.7. The van der Waals surface area contributed by atoms with Crippen molar-refractivity contribution in [2.45, 2.75) is 12.3 Å². The minimum absolute atomic E-state index is 0.0779. The lowest BCUT2D eigenvalue weighted by atomic mass is 9.90. The van der Waals surface area contributed by atoms with Crippen LogP contribution in [0.4, 0.5) is 4.79 Å². The Bertz CT molecular complexity index is 694. The molecule has 1 saturated heterocycles. The van der Waals surface area contributed by atoms with Gasteiger partial charge in [-0.2, -0.15) is 0 Å². The van der Waals surface area contributed by atoms with E-state index >= 15 is 0 Å². The van der Waals surface area contributed by atoms with Gasteiger partial charge in [0.05, 0.1) is 13.0 Å². The smallest absolute Gasteiger partial charge is 0.409 e. The van der Waals surface area contributed by atoms with Crippen molar-refractivity contribution in [1.82, 2.24) is 9.80 Å². The summed E-state index contributed by atoms with van der Waals surface area (Å²) in [6.45, 7) is 2.26. The van der Waals surface area contributed by atoms with Gasteiger partial charge in [-0.3, -0.25) is 4.79 Å². The maximum Gasteiger partial charge on any atom is 0.409 e. The van der Waals surface area contributed by atoms with E-state index in [-0.39, 0.29) is 17.9 Å². The molecule has 1 fully saturated rings. The summed E-state index contributed by atoms with van der Waals surface area (Å²) in [4.78, 5) is 28.7. The highest BCUT2D eigenvalue weighted by Gasteiger charge is 2.29. The van der Waals surface area contributed by atoms with E-state index in [1.54, 1.807) is 4.90 Å². The van der Waals surface area contributed by atoms with Gasteiger partial charge in [-0.15, -0.1) is 0 Å². The van der Waals surface area contributed by atoms with Crippen molar-refractivity contribution in [2.24, 2.45) is 0 Å². The van der Waals surface area contributed by atoms with Crippen LogP contribution in [0, 0.1) is 0 Å². The van der Waals surface area contributed by atoms with E-state index in [4.69, 9.17) is 4.74 Å². The van der Waals surface area contributed by atoms with Crippen LogP contribution in [0.2, 0.25) is 0 Å². The fraction of sp³-hybridized carbons (Fsp3) is 0.333. The molecule has 1 heterocycles. The van der Waals surface area contributed by atoms with Gasteiger partial charge in [-0.1, -0.05) is 60.7 Å². The van der Waals surface area contributed by atoms with E-state index in [2.05, 4.69) is 0 Å². The Kier molecular flexibility index (Phi) is 5.89. The average molecular weight is 352 g/mol. The van der Waals surface area contributed by atoms with E-state index in [0.717, 1.165) is 17.5 Å². The van der Waals surface area contributed by atoms with E-state index < -0.39 is 0 Å². The molecule has 0 bridgehead atoms. The third-order valence-corrected chi connectivity index (χ3v) is 4.75. The van der Waals surface area contributed by atoms with Crippen LogP contribution in [0.1, 0.15) is 23.5 Å². The highest BCUT2D eigenvalue weighted by atomic mass is 16.5. The Balaban J connectivity index is 1.83.